The van der Waals surface area contributed by atoms with Gasteiger partial charge in [-0.25, -0.2) is 0 Å². The van der Waals surface area contributed by atoms with E-state index >= 15 is 0 Å². The Balaban J connectivity index is 1.61. The van der Waals surface area contributed by atoms with Gasteiger partial charge in [-0.2, -0.15) is 11.8 Å². The predicted molar refractivity (Wildman–Crippen MR) is 61.9 cm³/mol. The second-order valence-electron chi connectivity index (χ2n) is 4.39. The van der Waals surface area contributed by atoms with E-state index in [1.165, 1.54) is 37.9 Å². The van der Waals surface area contributed by atoms with Gasteiger partial charge in [0.1, 0.15) is 0 Å². The summed E-state index contributed by atoms with van der Waals surface area (Å²) in [6.45, 7) is 0.995. The van der Waals surface area contributed by atoms with Crippen LogP contribution in [0.3, 0.4) is 0 Å². The lowest BCUT2D eigenvalue weighted by Crippen LogP contribution is -2.21. The molecule has 1 aliphatic carbocycles. The first-order valence-corrected chi connectivity index (χ1v) is 6.84. The van der Waals surface area contributed by atoms with Crippen LogP contribution in [0.1, 0.15) is 32.1 Å². The van der Waals surface area contributed by atoms with E-state index in [9.17, 15) is 0 Å². The van der Waals surface area contributed by atoms with Gasteiger partial charge in [0.2, 0.25) is 0 Å². The zero-order chi connectivity index (χ0) is 9.80. The predicted octanol–water partition coefficient (Wildman–Crippen LogP) is 2.04. The number of rotatable bonds is 4. The Kier molecular flexibility index (Phi) is 4.14. The van der Waals surface area contributed by atoms with Gasteiger partial charge in [0.05, 0.1) is 6.10 Å². The summed E-state index contributed by atoms with van der Waals surface area (Å²) in [5.41, 5.74) is 0. The highest BCUT2D eigenvalue weighted by atomic mass is 32.2. The molecule has 1 saturated carbocycles. The molecule has 2 nitrogen and oxygen atoms in total. The Hall–Kier alpha value is 0.270. The number of hydrogen-bond donors (Lipinski definition) is 1. The van der Waals surface area contributed by atoms with Crippen LogP contribution in [0.15, 0.2) is 0 Å². The van der Waals surface area contributed by atoms with Crippen molar-refractivity contribution < 1.29 is 4.74 Å². The molecule has 2 rings (SSSR count). The molecule has 0 aromatic heterocycles. The van der Waals surface area contributed by atoms with Gasteiger partial charge in [0.25, 0.3) is 0 Å². The summed E-state index contributed by atoms with van der Waals surface area (Å²) in [7, 11) is 2.08. The molecule has 0 bridgehead atoms. The van der Waals surface area contributed by atoms with E-state index in [0.717, 1.165) is 17.9 Å². The minimum absolute atomic E-state index is 0.564. The number of ether oxygens (including phenoxy) is 1. The highest BCUT2D eigenvalue weighted by Crippen LogP contribution is 2.31. The second kappa shape index (κ2) is 5.38. The molecular formula is C11H21NOS. The molecule has 1 N–H and O–H groups in total. The summed E-state index contributed by atoms with van der Waals surface area (Å²) >= 11 is 2.14. The Labute approximate surface area is 91.2 Å². The third-order valence-corrected chi connectivity index (χ3v) is 4.80. The molecule has 2 fully saturated rings. The molecule has 3 atom stereocenters. The quantitative estimate of drug-likeness (QED) is 0.775. The van der Waals surface area contributed by atoms with Gasteiger partial charge < -0.3 is 10.1 Å². The Morgan fingerprint density at radius 3 is 2.93 bits per heavy atom. The molecule has 1 saturated heterocycles. The Bertz CT molecular complexity index is 171. The van der Waals surface area contributed by atoms with E-state index in [-0.39, 0.29) is 0 Å². The summed E-state index contributed by atoms with van der Waals surface area (Å²) in [6, 6.07) is 0.775. The first-order valence-electron chi connectivity index (χ1n) is 5.79. The molecule has 0 radical (unpaired) electrons. The van der Waals surface area contributed by atoms with Gasteiger partial charge in [-0.3, -0.25) is 0 Å². The normalized spacial score (nSPS) is 37.9. The van der Waals surface area contributed by atoms with Gasteiger partial charge in [0, 0.05) is 23.7 Å². The first kappa shape index (κ1) is 10.8. The van der Waals surface area contributed by atoms with Gasteiger partial charge in [-0.1, -0.05) is 0 Å². The minimum Gasteiger partial charge on any atom is -0.377 e. The molecule has 0 aromatic rings. The van der Waals surface area contributed by atoms with Crippen LogP contribution in [0.25, 0.3) is 0 Å². The van der Waals surface area contributed by atoms with Crippen LogP contribution < -0.4 is 5.32 Å². The van der Waals surface area contributed by atoms with Crippen molar-refractivity contribution in [2.24, 2.45) is 0 Å². The summed E-state index contributed by atoms with van der Waals surface area (Å²) in [4.78, 5) is 0. The van der Waals surface area contributed by atoms with Gasteiger partial charge in [0.15, 0.2) is 0 Å². The lowest BCUT2D eigenvalue weighted by molar-refractivity contribution is 0.129. The molecule has 0 spiro atoms. The standard InChI is InChI=1S/C11H21NOS/c1-12-9-4-5-11(7-9)14-8-10-3-2-6-13-10/h9-12H,2-8H2,1H3. The maximum absolute atomic E-state index is 5.63. The van der Waals surface area contributed by atoms with E-state index in [4.69, 9.17) is 4.74 Å². The van der Waals surface area contributed by atoms with Crippen LogP contribution in [-0.4, -0.2) is 36.8 Å². The Morgan fingerprint density at radius 2 is 2.29 bits per heavy atom. The fraction of sp³-hybridized carbons (Fsp3) is 1.00. The number of hydrogen-bond acceptors (Lipinski definition) is 3. The van der Waals surface area contributed by atoms with Crippen LogP contribution in [0.2, 0.25) is 0 Å². The molecule has 14 heavy (non-hydrogen) atoms. The SMILES string of the molecule is CNC1CCC(SCC2CCCO2)C1. The average molecular weight is 215 g/mol. The van der Waals surface area contributed by atoms with Crippen LogP contribution in [0.4, 0.5) is 0 Å². The highest BCUT2D eigenvalue weighted by Gasteiger charge is 2.25. The highest BCUT2D eigenvalue weighted by molar-refractivity contribution is 7.99. The lowest BCUT2D eigenvalue weighted by Gasteiger charge is -2.13. The summed E-state index contributed by atoms with van der Waals surface area (Å²) in [5, 5.41) is 4.26. The monoisotopic (exact) mass is 215 g/mol. The smallest absolute Gasteiger partial charge is 0.0666 e. The Morgan fingerprint density at radius 1 is 1.36 bits per heavy atom. The zero-order valence-corrected chi connectivity index (χ0v) is 9.81. The van der Waals surface area contributed by atoms with Crippen LogP contribution in [0, 0.1) is 0 Å². The number of nitrogens with one attached hydrogen (secondary N) is 1. The summed E-state index contributed by atoms with van der Waals surface area (Å²) < 4.78 is 5.63. The fourth-order valence-corrected chi connectivity index (χ4v) is 3.79. The lowest BCUT2D eigenvalue weighted by atomic mass is 10.3. The molecule has 2 aliphatic rings. The molecule has 3 heteroatoms. The van der Waals surface area contributed by atoms with Crippen LogP contribution >= 0.6 is 11.8 Å². The van der Waals surface area contributed by atoms with Crippen molar-refractivity contribution in [1.82, 2.24) is 5.32 Å². The molecule has 3 unspecified atom stereocenters. The third kappa shape index (κ3) is 2.88. The molecular weight excluding hydrogens is 194 g/mol. The largest absolute Gasteiger partial charge is 0.377 e. The van der Waals surface area contributed by atoms with Gasteiger partial charge >= 0.3 is 0 Å². The van der Waals surface area contributed by atoms with Crippen molar-refractivity contribution in [1.29, 1.82) is 0 Å². The van der Waals surface area contributed by atoms with E-state index in [1.807, 2.05) is 0 Å². The van der Waals surface area contributed by atoms with Crippen LogP contribution in [0.5, 0.6) is 0 Å². The van der Waals surface area contributed by atoms with Crippen molar-refractivity contribution in [2.75, 3.05) is 19.4 Å². The third-order valence-electron chi connectivity index (χ3n) is 3.33. The summed E-state index contributed by atoms with van der Waals surface area (Å²) in [6.07, 6.45) is 7.23. The second-order valence-corrected chi connectivity index (χ2v) is 5.72. The van der Waals surface area contributed by atoms with E-state index in [2.05, 4.69) is 24.1 Å². The zero-order valence-electron chi connectivity index (χ0n) is 9.00. The first-order chi connectivity index (χ1) is 6.88. The molecule has 0 amide bonds. The topological polar surface area (TPSA) is 21.3 Å². The van der Waals surface area contributed by atoms with Crippen molar-refractivity contribution in [3.05, 3.63) is 0 Å². The van der Waals surface area contributed by atoms with Crippen molar-refractivity contribution in [3.63, 3.8) is 0 Å². The summed E-state index contributed by atoms with van der Waals surface area (Å²) in [5.74, 6) is 1.22. The maximum atomic E-state index is 5.63. The van der Waals surface area contributed by atoms with E-state index in [0.29, 0.717) is 6.10 Å². The van der Waals surface area contributed by atoms with E-state index in [1.54, 1.807) is 0 Å². The minimum atomic E-state index is 0.564. The molecule has 1 aliphatic heterocycles. The fourth-order valence-electron chi connectivity index (χ4n) is 2.37. The van der Waals surface area contributed by atoms with E-state index < -0.39 is 0 Å². The molecule has 82 valence electrons. The molecule has 0 aromatic carbocycles. The molecule has 1 heterocycles. The average Bonchev–Trinajstić information content (AvgIpc) is 2.86. The van der Waals surface area contributed by atoms with Crippen LogP contribution in [-0.2, 0) is 4.74 Å². The van der Waals surface area contributed by atoms with Crippen molar-refractivity contribution in [2.45, 2.75) is 49.5 Å². The number of thioether (sulfide) groups is 1. The maximum Gasteiger partial charge on any atom is 0.0666 e. The van der Waals surface area contributed by atoms with Crippen molar-refractivity contribution in [3.8, 4) is 0 Å². The van der Waals surface area contributed by atoms with Gasteiger partial charge in [-0.05, 0) is 39.2 Å². The van der Waals surface area contributed by atoms with Crippen molar-refractivity contribution >= 4 is 11.8 Å². The van der Waals surface area contributed by atoms with Gasteiger partial charge in [-0.15, -0.1) is 0 Å².